The Balaban J connectivity index is 4.82. The molecule has 12 heteroatoms. The molecule has 0 spiro atoms. The SMILES string of the molecule is CC/C=C\C/C=C\C/C=C\C/C=C\CCC(=O)OC(COC(=O)CCCCCCCCCCCCC)COP(=O)(O)OCC(CO)OC(=O)CCCCCCCCCCCCC. The summed E-state index contributed by atoms with van der Waals surface area (Å²) in [7, 11) is -4.75. The molecular formula is C50H89O11P. The quantitative estimate of drug-likeness (QED) is 0.0197. The third-order valence-electron chi connectivity index (χ3n) is 10.3. The Hall–Kier alpha value is -2.56. The van der Waals surface area contributed by atoms with Crippen LogP contribution in [0.15, 0.2) is 48.6 Å². The van der Waals surface area contributed by atoms with Crippen LogP contribution in [0.25, 0.3) is 0 Å². The number of phosphoric ester groups is 1. The Morgan fingerprint density at radius 2 is 0.839 bits per heavy atom. The minimum absolute atomic E-state index is 0.0491. The van der Waals surface area contributed by atoms with E-state index in [0.29, 0.717) is 19.3 Å². The van der Waals surface area contributed by atoms with Gasteiger partial charge in [-0.2, -0.15) is 0 Å². The van der Waals surface area contributed by atoms with Crippen LogP contribution in [0, 0.1) is 0 Å². The van der Waals surface area contributed by atoms with E-state index in [-0.39, 0.29) is 25.9 Å². The first-order valence-corrected chi connectivity index (χ1v) is 26.0. The topological polar surface area (TPSA) is 155 Å². The lowest BCUT2D eigenvalue weighted by Crippen LogP contribution is -2.30. The highest BCUT2D eigenvalue weighted by Crippen LogP contribution is 2.43. The van der Waals surface area contributed by atoms with Crippen molar-refractivity contribution in [3.05, 3.63) is 48.6 Å². The van der Waals surface area contributed by atoms with E-state index in [0.717, 1.165) is 64.2 Å². The fraction of sp³-hybridized carbons (Fsp3) is 0.780. The summed E-state index contributed by atoms with van der Waals surface area (Å²) < 4.78 is 39.1. The number of phosphoric acid groups is 1. The van der Waals surface area contributed by atoms with Crippen LogP contribution in [-0.2, 0) is 42.2 Å². The summed E-state index contributed by atoms with van der Waals surface area (Å²) in [6.07, 6.45) is 43.9. The zero-order chi connectivity index (χ0) is 45.6. The molecule has 11 nitrogen and oxygen atoms in total. The normalized spacial score (nSPS) is 14.0. The van der Waals surface area contributed by atoms with Crippen molar-refractivity contribution in [3.8, 4) is 0 Å². The van der Waals surface area contributed by atoms with Crippen LogP contribution in [0.4, 0.5) is 0 Å². The molecule has 0 aromatic rings. The van der Waals surface area contributed by atoms with E-state index in [1.165, 1.54) is 89.9 Å². The third-order valence-corrected chi connectivity index (χ3v) is 11.2. The highest BCUT2D eigenvalue weighted by molar-refractivity contribution is 7.47. The molecule has 2 N–H and O–H groups in total. The van der Waals surface area contributed by atoms with Gasteiger partial charge in [-0.15, -0.1) is 0 Å². The molecular weight excluding hydrogens is 808 g/mol. The number of carbonyl (C=O) groups is 3. The number of ether oxygens (including phenoxy) is 3. The van der Waals surface area contributed by atoms with E-state index in [2.05, 4.69) is 57.2 Å². The zero-order valence-corrected chi connectivity index (χ0v) is 40.2. The lowest BCUT2D eigenvalue weighted by molar-refractivity contribution is -0.161. The van der Waals surface area contributed by atoms with Crippen LogP contribution in [0.2, 0.25) is 0 Å². The molecule has 0 aromatic heterocycles. The van der Waals surface area contributed by atoms with Crippen molar-refractivity contribution in [2.45, 2.75) is 226 Å². The molecule has 0 aliphatic rings. The predicted molar refractivity (Wildman–Crippen MR) is 252 cm³/mol. The smallest absolute Gasteiger partial charge is 0.462 e. The summed E-state index contributed by atoms with van der Waals surface area (Å²) >= 11 is 0. The highest BCUT2D eigenvalue weighted by Gasteiger charge is 2.28. The van der Waals surface area contributed by atoms with E-state index in [1.54, 1.807) is 0 Å². The fourth-order valence-corrected chi connectivity index (χ4v) is 7.33. The Morgan fingerprint density at radius 3 is 1.29 bits per heavy atom. The second kappa shape index (κ2) is 45.0. The van der Waals surface area contributed by atoms with Gasteiger partial charge in [-0.1, -0.05) is 198 Å². The number of carbonyl (C=O) groups excluding carboxylic acids is 3. The van der Waals surface area contributed by atoms with Crippen molar-refractivity contribution in [3.63, 3.8) is 0 Å². The number of hydrogen-bond acceptors (Lipinski definition) is 10. The lowest BCUT2D eigenvalue weighted by Gasteiger charge is -2.21. The average Bonchev–Trinajstić information content (AvgIpc) is 3.25. The van der Waals surface area contributed by atoms with Gasteiger partial charge in [-0.3, -0.25) is 23.4 Å². The summed E-state index contributed by atoms with van der Waals surface area (Å²) in [5.74, 6) is -1.56. The lowest BCUT2D eigenvalue weighted by atomic mass is 10.1. The molecule has 0 saturated carbocycles. The molecule has 0 saturated heterocycles. The molecule has 0 aliphatic carbocycles. The highest BCUT2D eigenvalue weighted by atomic mass is 31.2. The fourth-order valence-electron chi connectivity index (χ4n) is 6.55. The number of esters is 3. The Kier molecular flexibility index (Phi) is 43.2. The largest absolute Gasteiger partial charge is 0.472 e. The van der Waals surface area contributed by atoms with Gasteiger partial charge in [0, 0.05) is 19.3 Å². The van der Waals surface area contributed by atoms with E-state index in [4.69, 9.17) is 23.3 Å². The monoisotopic (exact) mass is 897 g/mol. The molecule has 0 radical (unpaired) electrons. The minimum Gasteiger partial charge on any atom is -0.462 e. The van der Waals surface area contributed by atoms with Gasteiger partial charge in [0.2, 0.25) is 0 Å². The van der Waals surface area contributed by atoms with E-state index < -0.39 is 57.8 Å². The van der Waals surface area contributed by atoms with Crippen LogP contribution in [0.3, 0.4) is 0 Å². The van der Waals surface area contributed by atoms with Crippen molar-refractivity contribution in [1.82, 2.24) is 0 Å². The van der Waals surface area contributed by atoms with Gasteiger partial charge in [0.1, 0.15) is 12.7 Å². The van der Waals surface area contributed by atoms with Crippen LogP contribution in [0.1, 0.15) is 213 Å². The summed E-state index contributed by atoms with van der Waals surface area (Å²) in [5.41, 5.74) is 0. The van der Waals surface area contributed by atoms with Gasteiger partial charge in [-0.05, 0) is 44.9 Å². The van der Waals surface area contributed by atoms with Gasteiger partial charge < -0.3 is 24.2 Å². The maximum absolute atomic E-state index is 12.8. The van der Waals surface area contributed by atoms with E-state index in [9.17, 15) is 28.9 Å². The number of hydrogen-bond donors (Lipinski definition) is 2. The van der Waals surface area contributed by atoms with Crippen molar-refractivity contribution < 1.29 is 52.2 Å². The summed E-state index contributed by atoms with van der Waals surface area (Å²) in [5, 5.41) is 9.74. The zero-order valence-electron chi connectivity index (χ0n) is 39.3. The van der Waals surface area contributed by atoms with Crippen LogP contribution < -0.4 is 0 Å². The number of rotatable bonds is 45. The maximum Gasteiger partial charge on any atom is 0.472 e. The summed E-state index contributed by atoms with van der Waals surface area (Å²) in [6.45, 7) is 4.41. The molecule has 0 rings (SSSR count). The van der Waals surface area contributed by atoms with Crippen molar-refractivity contribution in [2.24, 2.45) is 0 Å². The van der Waals surface area contributed by atoms with Crippen LogP contribution >= 0.6 is 7.82 Å². The van der Waals surface area contributed by atoms with Crippen molar-refractivity contribution in [2.75, 3.05) is 26.4 Å². The standard InChI is InChI=1S/C50H89O11P/c1-4-7-10-13-16-19-22-23-26-29-32-35-38-41-50(54)61-47(43-57-48(52)39-36-33-30-27-24-20-17-14-11-8-5-2)45-59-62(55,56)58-44-46(42-51)60-49(53)40-37-34-31-28-25-21-18-15-12-9-6-3/h7,10,16,19,23,26,32,35,46-47,51H,4-6,8-9,11-15,17-18,20-22,24-25,27-31,33-34,36-45H2,1-3H3,(H,55,56)/b10-7-,19-16-,26-23-,35-32-. The first-order valence-electron chi connectivity index (χ1n) is 24.5. The van der Waals surface area contributed by atoms with E-state index in [1.807, 2.05) is 12.2 Å². The molecule has 3 unspecified atom stereocenters. The van der Waals surface area contributed by atoms with Crippen LogP contribution in [0.5, 0.6) is 0 Å². The molecule has 0 amide bonds. The first kappa shape index (κ1) is 59.4. The van der Waals surface area contributed by atoms with Gasteiger partial charge in [-0.25, -0.2) is 4.57 Å². The molecule has 0 aliphatic heterocycles. The average molecular weight is 897 g/mol. The van der Waals surface area contributed by atoms with Crippen molar-refractivity contribution in [1.29, 1.82) is 0 Å². The number of aliphatic hydroxyl groups excluding tert-OH is 1. The summed E-state index contributed by atoms with van der Waals surface area (Å²) in [6, 6.07) is 0. The van der Waals surface area contributed by atoms with Crippen LogP contribution in [-0.4, -0.2) is 66.5 Å². The number of unbranched alkanes of at least 4 members (excludes halogenated alkanes) is 20. The molecule has 360 valence electrons. The first-order chi connectivity index (χ1) is 30.2. The molecule has 3 atom stereocenters. The minimum atomic E-state index is -4.75. The second-order valence-corrected chi connectivity index (χ2v) is 17.7. The van der Waals surface area contributed by atoms with Gasteiger partial charge >= 0.3 is 25.7 Å². The molecule has 0 bridgehead atoms. The van der Waals surface area contributed by atoms with Gasteiger partial charge in [0.05, 0.1) is 19.8 Å². The summed E-state index contributed by atoms with van der Waals surface area (Å²) in [4.78, 5) is 48.1. The Bertz CT molecular complexity index is 1230. The number of aliphatic hydroxyl groups is 1. The number of allylic oxidation sites excluding steroid dienone is 8. The Labute approximate surface area is 377 Å². The Morgan fingerprint density at radius 1 is 0.468 bits per heavy atom. The van der Waals surface area contributed by atoms with Gasteiger partial charge in [0.25, 0.3) is 0 Å². The van der Waals surface area contributed by atoms with E-state index >= 15 is 0 Å². The molecule has 0 fully saturated rings. The van der Waals surface area contributed by atoms with Gasteiger partial charge in [0.15, 0.2) is 6.10 Å². The molecule has 0 aromatic carbocycles. The molecule has 0 heterocycles. The third kappa shape index (κ3) is 42.7. The predicted octanol–water partition coefficient (Wildman–Crippen LogP) is 13.5. The molecule has 62 heavy (non-hydrogen) atoms. The maximum atomic E-state index is 12.8. The second-order valence-electron chi connectivity index (χ2n) is 16.3. The van der Waals surface area contributed by atoms with Crippen molar-refractivity contribution >= 4 is 25.7 Å².